The van der Waals surface area contributed by atoms with Crippen molar-refractivity contribution in [3.63, 3.8) is 0 Å². The average molecular weight is 1120 g/mol. The van der Waals surface area contributed by atoms with Gasteiger partial charge in [0.1, 0.15) is 13.2 Å². The lowest BCUT2D eigenvalue weighted by atomic mass is 10.0. The van der Waals surface area contributed by atoms with Gasteiger partial charge in [-0.15, -0.1) is 0 Å². The molecule has 80 heavy (non-hydrogen) atoms. The number of carbonyl (C=O) groups is 3. The zero-order valence-corrected chi connectivity index (χ0v) is 53.3. The average Bonchev–Trinajstić information content (AvgIpc) is 3.46. The smallest absolute Gasteiger partial charge is 0.306 e. The number of allylic oxidation sites excluding steroid dienone is 12. The van der Waals surface area contributed by atoms with Gasteiger partial charge in [0.25, 0.3) is 0 Å². The fraction of sp³-hybridized carbons (Fsp3) is 0.797. The molecule has 0 aromatic carbocycles. The van der Waals surface area contributed by atoms with Gasteiger partial charge < -0.3 is 14.2 Å². The summed E-state index contributed by atoms with van der Waals surface area (Å²) in [6.45, 7) is 6.58. The number of ether oxygens (including phenoxy) is 3. The van der Waals surface area contributed by atoms with E-state index in [1.807, 2.05) is 0 Å². The Morgan fingerprint density at radius 2 is 0.487 bits per heavy atom. The molecule has 0 fully saturated rings. The number of hydrogen-bond acceptors (Lipinski definition) is 6. The van der Waals surface area contributed by atoms with Crippen molar-refractivity contribution in [2.75, 3.05) is 13.2 Å². The number of carbonyl (C=O) groups excluding carboxylic acids is 3. The molecular formula is C74H132O6. The predicted octanol–water partition coefficient (Wildman–Crippen LogP) is 24.1. The third kappa shape index (κ3) is 65.7. The Hall–Kier alpha value is -3.15. The Labute approximate surface area is 497 Å². The molecule has 0 N–H and O–H groups in total. The van der Waals surface area contributed by atoms with Gasteiger partial charge in [-0.3, -0.25) is 14.4 Å². The Kier molecular flexibility index (Phi) is 65.7. The van der Waals surface area contributed by atoms with Gasteiger partial charge in [-0.25, -0.2) is 0 Å². The maximum atomic E-state index is 12.9. The molecular weight excluding hydrogens is 985 g/mol. The molecule has 6 heteroatoms. The van der Waals surface area contributed by atoms with Crippen LogP contribution in [0.4, 0.5) is 0 Å². The summed E-state index contributed by atoms with van der Waals surface area (Å²) in [5.41, 5.74) is 0. The number of rotatable bonds is 64. The number of unbranched alkanes of at least 4 members (excludes halogenated alkanes) is 41. The molecule has 0 saturated carbocycles. The molecule has 0 aromatic heterocycles. The molecule has 0 saturated heterocycles. The highest BCUT2D eigenvalue weighted by Gasteiger charge is 2.19. The Morgan fingerprint density at radius 3 is 0.775 bits per heavy atom. The van der Waals surface area contributed by atoms with E-state index in [0.29, 0.717) is 19.3 Å². The summed E-state index contributed by atoms with van der Waals surface area (Å²) in [5, 5.41) is 0. The van der Waals surface area contributed by atoms with Crippen LogP contribution in [0.3, 0.4) is 0 Å². The highest BCUT2D eigenvalue weighted by molar-refractivity contribution is 5.71. The fourth-order valence-corrected chi connectivity index (χ4v) is 10.2. The molecule has 1 unspecified atom stereocenters. The number of esters is 3. The van der Waals surface area contributed by atoms with Crippen LogP contribution in [0.25, 0.3) is 0 Å². The van der Waals surface area contributed by atoms with E-state index >= 15 is 0 Å². The van der Waals surface area contributed by atoms with Crippen molar-refractivity contribution < 1.29 is 28.6 Å². The van der Waals surface area contributed by atoms with E-state index in [4.69, 9.17) is 14.2 Å². The van der Waals surface area contributed by atoms with Crippen LogP contribution in [-0.4, -0.2) is 37.2 Å². The topological polar surface area (TPSA) is 78.9 Å². The highest BCUT2D eigenvalue weighted by atomic mass is 16.6. The van der Waals surface area contributed by atoms with Gasteiger partial charge in [-0.1, -0.05) is 325 Å². The second-order valence-corrected chi connectivity index (χ2v) is 23.4. The Bertz CT molecular complexity index is 1470. The van der Waals surface area contributed by atoms with Crippen molar-refractivity contribution in [1.82, 2.24) is 0 Å². The maximum absolute atomic E-state index is 12.9. The third-order valence-electron chi connectivity index (χ3n) is 15.4. The van der Waals surface area contributed by atoms with E-state index in [9.17, 15) is 14.4 Å². The van der Waals surface area contributed by atoms with E-state index in [-0.39, 0.29) is 31.1 Å². The van der Waals surface area contributed by atoms with Gasteiger partial charge in [-0.05, 0) is 89.9 Å². The lowest BCUT2D eigenvalue weighted by Crippen LogP contribution is -2.30. The molecule has 1 atom stereocenters. The summed E-state index contributed by atoms with van der Waals surface area (Å²) in [6.07, 6.45) is 89.2. The van der Waals surface area contributed by atoms with Crippen molar-refractivity contribution in [3.05, 3.63) is 72.9 Å². The zero-order valence-electron chi connectivity index (χ0n) is 53.3. The van der Waals surface area contributed by atoms with Gasteiger partial charge in [0.2, 0.25) is 0 Å². The molecule has 0 aromatic rings. The van der Waals surface area contributed by atoms with Gasteiger partial charge in [-0.2, -0.15) is 0 Å². The minimum Gasteiger partial charge on any atom is -0.462 e. The van der Waals surface area contributed by atoms with Crippen LogP contribution < -0.4 is 0 Å². The van der Waals surface area contributed by atoms with Gasteiger partial charge in [0.05, 0.1) is 0 Å². The van der Waals surface area contributed by atoms with Crippen molar-refractivity contribution in [2.45, 2.75) is 367 Å². The normalized spacial score (nSPS) is 12.5. The first kappa shape index (κ1) is 76.9. The lowest BCUT2D eigenvalue weighted by Gasteiger charge is -2.18. The predicted molar refractivity (Wildman–Crippen MR) is 348 cm³/mol. The summed E-state index contributed by atoms with van der Waals surface area (Å²) in [7, 11) is 0. The standard InChI is InChI=1S/C74H132O6/c1-4-7-10-13-16-19-22-25-28-31-33-34-35-36-37-38-39-40-41-44-46-49-52-55-58-61-64-67-73(76)79-70-71(69-78-72(75)66-63-60-57-54-51-48-45-42-30-27-24-21-18-15-12-9-6-3)80-74(77)68-65-62-59-56-53-50-47-43-32-29-26-23-20-17-14-11-8-5-2/h7,10,16,19,25,28-29,32-34,36-37,71H,4-6,8-9,11-15,17-18,20-24,26-27,30-31,35,38-70H2,1-3H3/b10-7-,19-16-,28-25-,32-29-,34-33-,37-36-. The summed E-state index contributed by atoms with van der Waals surface area (Å²) >= 11 is 0. The van der Waals surface area contributed by atoms with E-state index in [1.54, 1.807) is 0 Å². The van der Waals surface area contributed by atoms with Gasteiger partial charge in [0.15, 0.2) is 6.10 Å². The minimum atomic E-state index is -0.778. The maximum Gasteiger partial charge on any atom is 0.306 e. The number of hydrogen-bond donors (Lipinski definition) is 0. The molecule has 0 spiro atoms. The Morgan fingerprint density at radius 1 is 0.263 bits per heavy atom. The molecule has 0 radical (unpaired) electrons. The Balaban J connectivity index is 4.31. The van der Waals surface area contributed by atoms with Crippen LogP contribution >= 0.6 is 0 Å². The van der Waals surface area contributed by atoms with Crippen molar-refractivity contribution in [2.24, 2.45) is 0 Å². The van der Waals surface area contributed by atoms with Crippen LogP contribution in [0, 0.1) is 0 Å². The SMILES string of the molecule is CC/C=C\C/C=C\C/C=C\C/C=C\C/C=C\CCCCCCCCCCCCCC(=O)OCC(COC(=O)CCCCCCCCCCCCCCCCCCC)OC(=O)CCCCCCCCC/C=C\CCCCCCCCC. The minimum absolute atomic E-state index is 0.0732. The molecule has 0 aliphatic carbocycles. The molecule has 0 amide bonds. The molecule has 0 heterocycles. The second-order valence-electron chi connectivity index (χ2n) is 23.4. The van der Waals surface area contributed by atoms with Crippen molar-refractivity contribution in [3.8, 4) is 0 Å². The zero-order chi connectivity index (χ0) is 57.8. The van der Waals surface area contributed by atoms with Crippen LogP contribution in [0.15, 0.2) is 72.9 Å². The monoisotopic (exact) mass is 1120 g/mol. The van der Waals surface area contributed by atoms with Crippen LogP contribution in [0.5, 0.6) is 0 Å². The second kappa shape index (κ2) is 68.3. The molecule has 0 rings (SSSR count). The summed E-state index contributed by atoms with van der Waals surface area (Å²) in [6, 6.07) is 0. The highest BCUT2D eigenvalue weighted by Crippen LogP contribution is 2.18. The molecule has 464 valence electrons. The summed E-state index contributed by atoms with van der Waals surface area (Å²) < 4.78 is 17.0. The van der Waals surface area contributed by atoms with Crippen LogP contribution in [0.1, 0.15) is 361 Å². The quantitative estimate of drug-likeness (QED) is 0.0261. The first-order valence-corrected chi connectivity index (χ1v) is 34.9. The van der Waals surface area contributed by atoms with Crippen molar-refractivity contribution >= 4 is 17.9 Å². The van der Waals surface area contributed by atoms with Crippen LogP contribution in [-0.2, 0) is 28.6 Å². The third-order valence-corrected chi connectivity index (χ3v) is 15.4. The van der Waals surface area contributed by atoms with Crippen molar-refractivity contribution in [1.29, 1.82) is 0 Å². The van der Waals surface area contributed by atoms with Gasteiger partial charge in [0, 0.05) is 19.3 Å². The summed E-state index contributed by atoms with van der Waals surface area (Å²) in [4.78, 5) is 38.5. The first-order chi connectivity index (χ1) is 39.5. The molecule has 0 bridgehead atoms. The largest absolute Gasteiger partial charge is 0.462 e. The van der Waals surface area contributed by atoms with E-state index in [1.165, 1.54) is 231 Å². The molecule has 0 aliphatic heterocycles. The summed E-state index contributed by atoms with van der Waals surface area (Å²) in [5.74, 6) is -0.858. The first-order valence-electron chi connectivity index (χ1n) is 34.9. The fourth-order valence-electron chi connectivity index (χ4n) is 10.2. The van der Waals surface area contributed by atoms with Gasteiger partial charge >= 0.3 is 17.9 Å². The van der Waals surface area contributed by atoms with Crippen LogP contribution in [0.2, 0.25) is 0 Å². The lowest BCUT2D eigenvalue weighted by molar-refractivity contribution is -0.167. The van der Waals surface area contributed by atoms with E-state index in [2.05, 4.69) is 93.7 Å². The molecule has 6 nitrogen and oxygen atoms in total. The van der Waals surface area contributed by atoms with E-state index in [0.717, 1.165) is 89.9 Å². The van der Waals surface area contributed by atoms with E-state index < -0.39 is 6.10 Å². The molecule has 0 aliphatic rings.